The van der Waals surface area contributed by atoms with E-state index in [1.165, 1.54) is 12.5 Å². The summed E-state index contributed by atoms with van der Waals surface area (Å²) < 4.78 is 0. The van der Waals surface area contributed by atoms with Gasteiger partial charge in [0.15, 0.2) is 11.6 Å². The highest BCUT2D eigenvalue weighted by Crippen LogP contribution is 2.21. The minimum absolute atomic E-state index is 0.0571. The highest BCUT2D eigenvalue weighted by atomic mass is 32.2. The molecule has 1 aliphatic rings. The van der Waals surface area contributed by atoms with Gasteiger partial charge in [-0.15, -0.1) is 0 Å². The molecule has 3 nitrogen and oxygen atoms in total. The zero-order chi connectivity index (χ0) is 9.26. The molecule has 0 aromatic carbocycles. The number of carbonyl (C=O) groups is 1. The van der Waals surface area contributed by atoms with Crippen LogP contribution in [0.15, 0.2) is 6.20 Å². The van der Waals surface area contributed by atoms with E-state index < -0.39 is 0 Å². The Labute approximate surface area is 81.0 Å². The van der Waals surface area contributed by atoms with Gasteiger partial charge in [0.05, 0.1) is 5.69 Å². The van der Waals surface area contributed by atoms with Crippen LogP contribution >= 0.6 is 11.8 Å². The first kappa shape index (κ1) is 8.69. The van der Waals surface area contributed by atoms with Crippen LogP contribution in [0.5, 0.6) is 0 Å². The summed E-state index contributed by atoms with van der Waals surface area (Å²) in [6.45, 7) is 1.50. The number of Topliss-reactive ketones (excluding diaryl/α,β-unsaturated/α-hetero) is 1. The van der Waals surface area contributed by atoms with E-state index in [-0.39, 0.29) is 5.78 Å². The van der Waals surface area contributed by atoms with Crippen LogP contribution in [0.1, 0.15) is 28.8 Å². The number of aryl methyl sites for hydroxylation is 1. The minimum atomic E-state index is -0.0571. The van der Waals surface area contributed by atoms with Gasteiger partial charge in [-0.1, -0.05) is 0 Å². The van der Waals surface area contributed by atoms with Gasteiger partial charge in [0.2, 0.25) is 0 Å². The summed E-state index contributed by atoms with van der Waals surface area (Å²) in [5.74, 6) is 2.34. The molecule has 0 N–H and O–H groups in total. The first-order valence-electron chi connectivity index (χ1n) is 4.21. The monoisotopic (exact) mass is 194 g/mol. The summed E-state index contributed by atoms with van der Waals surface area (Å²) >= 11 is 1.86. The molecule has 2 heterocycles. The van der Waals surface area contributed by atoms with Crippen molar-refractivity contribution in [2.45, 2.75) is 19.1 Å². The van der Waals surface area contributed by atoms with Crippen LogP contribution in [0, 0.1) is 0 Å². The lowest BCUT2D eigenvalue weighted by Crippen LogP contribution is -2.10. The van der Waals surface area contributed by atoms with Gasteiger partial charge in [-0.2, -0.15) is 11.8 Å². The van der Waals surface area contributed by atoms with Gasteiger partial charge in [0.25, 0.3) is 0 Å². The fourth-order valence-corrected chi connectivity index (χ4v) is 2.25. The second kappa shape index (κ2) is 3.46. The Morgan fingerprint density at radius 1 is 1.62 bits per heavy atom. The van der Waals surface area contributed by atoms with E-state index in [0.717, 1.165) is 23.6 Å². The van der Waals surface area contributed by atoms with Gasteiger partial charge in [-0.3, -0.25) is 4.79 Å². The highest BCUT2D eigenvalue weighted by Gasteiger charge is 2.13. The van der Waals surface area contributed by atoms with Gasteiger partial charge in [0.1, 0.15) is 0 Å². The quantitative estimate of drug-likeness (QED) is 0.635. The lowest BCUT2D eigenvalue weighted by molar-refractivity contribution is 0.100. The van der Waals surface area contributed by atoms with Gasteiger partial charge < -0.3 is 0 Å². The zero-order valence-corrected chi connectivity index (χ0v) is 8.23. The Morgan fingerprint density at radius 2 is 2.46 bits per heavy atom. The number of hydrogen-bond acceptors (Lipinski definition) is 4. The number of fused-ring (bicyclic) bond motifs is 1. The molecule has 0 bridgehead atoms. The van der Waals surface area contributed by atoms with Crippen LogP contribution in [0.4, 0.5) is 0 Å². The molecule has 0 radical (unpaired) electrons. The molecule has 0 saturated heterocycles. The number of aromatic nitrogens is 2. The predicted octanol–water partition coefficient (Wildman–Crippen LogP) is 1.47. The van der Waals surface area contributed by atoms with Gasteiger partial charge >= 0.3 is 0 Å². The molecule has 0 saturated carbocycles. The smallest absolute Gasteiger partial charge is 0.196 e. The summed E-state index contributed by atoms with van der Waals surface area (Å²) in [6.07, 6.45) is 2.82. The van der Waals surface area contributed by atoms with Crippen molar-refractivity contribution in [2.75, 3.05) is 5.75 Å². The van der Waals surface area contributed by atoms with E-state index in [1.807, 2.05) is 11.8 Å². The molecule has 0 amide bonds. The number of nitrogens with zero attached hydrogens (tertiary/aromatic N) is 2. The largest absolute Gasteiger partial charge is 0.291 e. The SMILES string of the molecule is CC(=O)c1ncc2c(n1)CSCC2. The van der Waals surface area contributed by atoms with E-state index in [9.17, 15) is 4.79 Å². The van der Waals surface area contributed by atoms with E-state index in [0.29, 0.717) is 5.82 Å². The fraction of sp³-hybridized carbons (Fsp3) is 0.444. The van der Waals surface area contributed by atoms with Crippen LogP contribution in [0.3, 0.4) is 0 Å². The van der Waals surface area contributed by atoms with E-state index in [2.05, 4.69) is 9.97 Å². The van der Waals surface area contributed by atoms with Crippen molar-refractivity contribution < 1.29 is 4.79 Å². The van der Waals surface area contributed by atoms with Crippen molar-refractivity contribution in [3.63, 3.8) is 0 Å². The highest BCUT2D eigenvalue weighted by molar-refractivity contribution is 7.98. The van der Waals surface area contributed by atoms with Crippen molar-refractivity contribution in [1.82, 2.24) is 9.97 Å². The third-order valence-corrected chi connectivity index (χ3v) is 2.99. The van der Waals surface area contributed by atoms with Crippen LogP contribution in [-0.4, -0.2) is 21.5 Å². The van der Waals surface area contributed by atoms with E-state index >= 15 is 0 Å². The van der Waals surface area contributed by atoms with Gasteiger partial charge in [-0.25, -0.2) is 9.97 Å². The molecule has 4 heteroatoms. The topological polar surface area (TPSA) is 42.9 Å². The van der Waals surface area contributed by atoms with Crippen molar-refractivity contribution in [1.29, 1.82) is 0 Å². The maximum atomic E-state index is 11.0. The molecular weight excluding hydrogens is 184 g/mol. The Balaban J connectivity index is 2.40. The molecule has 0 aliphatic carbocycles. The van der Waals surface area contributed by atoms with Crippen molar-refractivity contribution in [2.24, 2.45) is 0 Å². The Hall–Kier alpha value is -0.900. The molecule has 0 spiro atoms. The molecule has 0 fully saturated rings. The molecule has 0 unspecified atom stereocenters. The molecule has 1 aliphatic heterocycles. The Morgan fingerprint density at radius 3 is 3.23 bits per heavy atom. The third kappa shape index (κ3) is 1.72. The van der Waals surface area contributed by atoms with Crippen LogP contribution in [0.2, 0.25) is 0 Å². The van der Waals surface area contributed by atoms with E-state index in [1.54, 1.807) is 6.20 Å². The molecule has 13 heavy (non-hydrogen) atoms. The van der Waals surface area contributed by atoms with Crippen molar-refractivity contribution in [3.8, 4) is 0 Å². The average molecular weight is 194 g/mol. The zero-order valence-electron chi connectivity index (χ0n) is 7.41. The maximum absolute atomic E-state index is 11.0. The standard InChI is InChI=1S/C9H10N2OS/c1-6(12)9-10-4-7-2-3-13-5-8(7)11-9/h4H,2-3,5H2,1H3. The molecule has 68 valence electrons. The summed E-state index contributed by atoms with van der Waals surface area (Å²) in [5, 5.41) is 0. The average Bonchev–Trinajstić information content (AvgIpc) is 2.17. The molecule has 1 aromatic rings. The van der Waals surface area contributed by atoms with Crippen LogP contribution < -0.4 is 0 Å². The molecule has 0 atom stereocenters. The first-order valence-corrected chi connectivity index (χ1v) is 5.36. The second-order valence-corrected chi connectivity index (χ2v) is 4.13. The fourth-order valence-electron chi connectivity index (χ4n) is 1.30. The molecular formula is C9H10N2OS. The lowest BCUT2D eigenvalue weighted by Gasteiger charge is -2.13. The number of hydrogen-bond donors (Lipinski definition) is 0. The summed E-state index contributed by atoms with van der Waals surface area (Å²) in [5.41, 5.74) is 2.24. The summed E-state index contributed by atoms with van der Waals surface area (Å²) in [6, 6.07) is 0. The summed E-state index contributed by atoms with van der Waals surface area (Å²) in [7, 11) is 0. The number of carbonyl (C=O) groups excluding carboxylic acids is 1. The number of rotatable bonds is 1. The summed E-state index contributed by atoms with van der Waals surface area (Å²) in [4.78, 5) is 19.3. The van der Waals surface area contributed by atoms with Gasteiger partial charge in [-0.05, 0) is 17.7 Å². The Bertz CT molecular complexity index is 351. The first-order chi connectivity index (χ1) is 6.27. The Kier molecular flexibility index (Phi) is 2.31. The normalized spacial score (nSPS) is 15.2. The van der Waals surface area contributed by atoms with Crippen LogP contribution in [-0.2, 0) is 12.2 Å². The molecule has 2 rings (SSSR count). The van der Waals surface area contributed by atoms with Gasteiger partial charge in [0, 0.05) is 18.9 Å². The maximum Gasteiger partial charge on any atom is 0.196 e. The number of thioether (sulfide) groups is 1. The van der Waals surface area contributed by atoms with Crippen LogP contribution in [0.25, 0.3) is 0 Å². The van der Waals surface area contributed by atoms with Crippen molar-refractivity contribution in [3.05, 3.63) is 23.3 Å². The lowest BCUT2D eigenvalue weighted by atomic mass is 10.2. The number of ketones is 1. The molecule has 1 aromatic heterocycles. The second-order valence-electron chi connectivity index (χ2n) is 3.02. The van der Waals surface area contributed by atoms with Crippen molar-refractivity contribution >= 4 is 17.5 Å². The predicted molar refractivity (Wildman–Crippen MR) is 51.9 cm³/mol. The van der Waals surface area contributed by atoms with E-state index in [4.69, 9.17) is 0 Å². The minimum Gasteiger partial charge on any atom is -0.291 e. The third-order valence-electron chi connectivity index (χ3n) is 2.02.